The van der Waals surface area contributed by atoms with Crippen LogP contribution in [-0.2, 0) is 23.8 Å². The summed E-state index contributed by atoms with van der Waals surface area (Å²) in [6, 6.07) is 0. The number of ether oxygens (including phenoxy) is 3. The van der Waals surface area contributed by atoms with Crippen LogP contribution in [0, 0.1) is 0 Å². The predicted octanol–water partition coefficient (Wildman–Crippen LogP) is 18.7. The lowest BCUT2D eigenvalue weighted by atomic mass is 10.1. The van der Waals surface area contributed by atoms with Crippen LogP contribution in [0.2, 0.25) is 0 Å². The van der Waals surface area contributed by atoms with Gasteiger partial charge in [0.15, 0.2) is 6.10 Å². The molecule has 0 saturated heterocycles. The highest BCUT2D eigenvalue weighted by Crippen LogP contribution is 2.14. The molecule has 0 saturated carbocycles. The van der Waals surface area contributed by atoms with E-state index in [0.717, 1.165) is 89.9 Å². The lowest BCUT2D eigenvalue weighted by Crippen LogP contribution is -2.30. The fraction of sp³-hybridized carbons (Fsp3) is 0.763. The average Bonchev–Trinajstić information content (AvgIpc) is 3.30. The molecule has 0 aromatic rings. The Morgan fingerprint density at radius 1 is 0.359 bits per heavy atom. The number of carbonyl (C=O) groups is 2. The van der Waals surface area contributed by atoms with Gasteiger partial charge in [0.25, 0.3) is 0 Å². The maximum atomic E-state index is 12.8. The molecule has 370 valence electrons. The largest absolute Gasteiger partial charge is 0.462 e. The molecule has 0 heterocycles. The minimum Gasteiger partial charge on any atom is -0.462 e. The standard InChI is InChI=1S/C59H104O5/c1-4-7-10-13-16-19-22-25-28-29-30-31-33-34-37-40-43-46-49-52-58(60)63-56-57(55-62-54-51-48-45-42-39-36-27-24-21-18-15-12-9-6-3)64-59(61)53-50-47-44-41-38-35-32-26-23-20-17-14-11-8-5-2/h9,12,16,18-19,21,25-28,32,36,57H,4-8,10-11,13-15,17,20,22-24,29-31,33-35,37-56H2,1-3H3/b12-9-,19-16-,21-18-,28-25-,32-26-,36-27-. The molecule has 0 aliphatic heterocycles. The van der Waals surface area contributed by atoms with E-state index < -0.39 is 6.10 Å². The summed E-state index contributed by atoms with van der Waals surface area (Å²) in [7, 11) is 0. The molecule has 0 spiro atoms. The number of carbonyl (C=O) groups excluding carboxylic acids is 2. The fourth-order valence-corrected chi connectivity index (χ4v) is 7.61. The zero-order valence-corrected chi connectivity index (χ0v) is 42.5. The Hall–Kier alpha value is -2.66. The van der Waals surface area contributed by atoms with Crippen molar-refractivity contribution >= 4 is 11.9 Å². The van der Waals surface area contributed by atoms with Crippen molar-refractivity contribution in [3.63, 3.8) is 0 Å². The van der Waals surface area contributed by atoms with Crippen LogP contribution in [0.15, 0.2) is 72.9 Å². The average molecular weight is 893 g/mol. The van der Waals surface area contributed by atoms with E-state index in [2.05, 4.69) is 93.7 Å². The third kappa shape index (κ3) is 52.0. The molecule has 5 nitrogen and oxygen atoms in total. The number of hydrogen-bond acceptors (Lipinski definition) is 5. The Bertz CT molecular complexity index is 1150. The van der Waals surface area contributed by atoms with E-state index in [0.29, 0.717) is 19.4 Å². The Labute approximate surface area is 397 Å². The zero-order valence-electron chi connectivity index (χ0n) is 42.5. The zero-order chi connectivity index (χ0) is 46.3. The number of allylic oxidation sites excluding steroid dienone is 12. The second kappa shape index (κ2) is 54.7. The van der Waals surface area contributed by atoms with Gasteiger partial charge in [-0.25, -0.2) is 0 Å². The summed E-state index contributed by atoms with van der Waals surface area (Å²) in [5.41, 5.74) is 0. The maximum absolute atomic E-state index is 12.8. The molecule has 0 amide bonds. The third-order valence-electron chi connectivity index (χ3n) is 11.7. The van der Waals surface area contributed by atoms with Crippen LogP contribution < -0.4 is 0 Å². The molecule has 0 aliphatic carbocycles. The third-order valence-corrected chi connectivity index (χ3v) is 11.7. The Balaban J connectivity index is 4.29. The molecule has 0 radical (unpaired) electrons. The monoisotopic (exact) mass is 893 g/mol. The lowest BCUT2D eigenvalue weighted by Gasteiger charge is -2.18. The van der Waals surface area contributed by atoms with E-state index in [9.17, 15) is 9.59 Å². The van der Waals surface area contributed by atoms with Crippen molar-refractivity contribution in [2.45, 2.75) is 271 Å². The van der Waals surface area contributed by atoms with Crippen LogP contribution in [-0.4, -0.2) is 37.9 Å². The minimum atomic E-state index is -0.556. The highest BCUT2D eigenvalue weighted by atomic mass is 16.6. The van der Waals surface area contributed by atoms with Gasteiger partial charge in [-0.1, -0.05) is 216 Å². The molecular formula is C59H104O5. The summed E-state index contributed by atoms with van der Waals surface area (Å²) in [6.45, 7) is 7.65. The van der Waals surface area contributed by atoms with Crippen molar-refractivity contribution in [3.8, 4) is 0 Å². The van der Waals surface area contributed by atoms with Gasteiger partial charge in [-0.3, -0.25) is 9.59 Å². The molecule has 0 aromatic carbocycles. The summed E-state index contributed by atoms with van der Waals surface area (Å²) in [4.78, 5) is 25.5. The van der Waals surface area contributed by atoms with E-state index in [1.54, 1.807) is 0 Å². The molecular weight excluding hydrogens is 789 g/mol. The van der Waals surface area contributed by atoms with Gasteiger partial charge < -0.3 is 14.2 Å². The lowest BCUT2D eigenvalue weighted by molar-refractivity contribution is -0.163. The summed E-state index contributed by atoms with van der Waals surface area (Å²) in [5, 5.41) is 0. The number of esters is 2. The molecule has 0 aromatic heterocycles. The van der Waals surface area contributed by atoms with Gasteiger partial charge in [0.05, 0.1) is 6.61 Å². The van der Waals surface area contributed by atoms with E-state index in [-0.39, 0.29) is 25.2 Å². The molecule has 0 bridgehead atoms. The highest BCUT2D eigenvalue weighted by Gasteiger charge is 2.17. The number of hydrogen-bond donors (Lipinski definition) is 0. The van der Waals surface area contributed by atoms with Crippen LogP contribution in [0.25, 0.3) is 0 Å². The van der Waals surface area contributed by atoms with E-state index in [1.807, 2.05) is 0 Å². The molecule has 1 atom stereocenters. The minimum absolute atomic E-state index is 0.0693. The van der Waals surface area contributed by atoms with Gasteiger partial charge in [0, 0.05) is 19.4 Å². The first-order valence-corrected chi connectivity index (χ1v) is 27.5. The first kappa shape index (κ1) is 61.3. The van der Waals surface area contributed by atoms with Gasteiger partial charge in [-0.15, -0.1) is 0 Å². The molecule has 1 unspecified atom stereocenters. The predicted molar refractivity (Wildman–Crippen MR) is 279 cm³/mol. The molecule has 0 aliphatic rings. The van der Waals surface area contributed by atoms with Crippen LogP contribution in [0.3, 0.4) is 0 Å². The van der Waals surface area contributed by atoms with Crippen LogP contribution in [0.1, 0.15) is 265 Å². The van der Waals surface area contributed by atoms with E-state index in [1.165, 1.54) is 141 Å². The van der Waals surface area contributed by atoms with Crippen molar-refractivity contribution in [1.29, 1.82) is 0 Å². The van der Waals surface area contributed by atoms with Crippen LogP contribution >= 0.6 is 0 Å². The summed E-state index contributed by atoms with van der Waals surface area (Å²) >= 11 is 0. The van der Waals surface area contributed by atoms with E-state index in [4.69, 9.17) is 14.2 Å². The second-order valence-corrected chi connectivity index (χ2v) is 18.1. The summed E-state index contributed by atoms with van der Waals surface area (Å²) in [5.74, 6) is -0.419. The van der Waals surface area contributed by atoms with Gasteiger partial charge >= 0.3 is 11.9 Å². The normalized spacial score (nSPS) is 12.7. The molecule has 64 heavy (non-hydrogen) atoms. The topological polar surface area (TPSA) is 61.8 Å². The van der Waals surface area contributed by atoms with Gasteiger partial charge in [-0.2, -0.15) is 0 Å². The smallest absolute Gasteiger partial charge is 0.306 e. The maximum Gasteiger partial charge on any atom is 0.306 e. The highest BCUT2D eigenvalue weighted by molar-refractivity contribution is 5.70. The first-order chi connectivity index (χ1) is 31.6. The quantitative estimate of drug-likeness (QED) is 0.0346. The number of rotatable bonds is 50. The van der Waals surface area contributed by atoms with Crippen LogP contribution in [0.4, 0.5) is 0 Å². The first-order valence-electron chi connectivity index (χ1n) is 27.5. The van der Waals surface area contributed by atoms with Crippen molar-refractivity contribution in [2.75, 3.05) is 19.8 Å². The van der Waals surface area contributed by atoms with Crippen molar-refractivity contribution < 1.29 is 23.8 Å². The number of unbranched alkanes of at least 4 members (excludes halogenated alkanes) is 27. The van der Waals surface area contributed by atoms with Crippen LogP contribution in [0.5, 0.6) is 0 Å². The van der Waals surface area contributed by atoms with Crippen molar-refractivity contribution in [1.82, 2.24) is 0 Å². The molecule has 0 N–H and O–H groups in total. The van der Waals surface area contributed by atoms with Crippen molar-refractivity contribution in [3.05, 3.63) is 72.9 Å². The summed E-state index contributed by atoms with van der Waals surface area (Å²) in [6.07, 6.45) is 70.6. The van der Waals surface area contributed by atoms with Gasteiger partial charge in [0.1, 0.15) is 6.61 Å². The fourth-order valence-electron chi connectivity index (χ4n) is 7.61. The van der Waals surface area contributed by atoms with Crippen molar-refractivity contribution in [2.24, 2.45) is 0 Å². The van der Waals surface area contributed by atoms with Gasteiger partial charge in [-0.05, 0) is 109 Å². The molecule has 0 fully saturated rings. The SMILES string of the molecule is CC/C=C\C/C=C\C/C=C\CCCCCCOCC(COC(=O)CCCCCCCCCCC/C=C\C/C=C\CCCCC)OC(=O)CCCCCCC/C=C\CCCCCCCC. The summed E-state index contributed by atoms with van der Waals surface area (Å²) < 4.78 is 17.4. The Morgan fingerprint density at radius 3 is 1.17 bits per heavy atom. The Kier molecular flexibility index (Phi) is 52.4. The van der Waals surface area contributed by atoms with Gasteiger partial charge in [0.2, 0.25) is 0 Å². The second-order valence-electron chi connectivity index (χ2n) is 18.1. The van der Waals surface area contributed by atoms with E-state index >= 15 is 0 Å². The Morgan fingerprint density at radius 2 is 0.703 bits per heavy atom. The molecule has 5 heteroatoms. The molecule has 0 rings (SSSR count).